The molecule has 0 radical (unpaired) electrons. The minimum absolute atomic E-state index is 0.0701. The minimum atomic E-state index is 0.0701. The van der Waals surface area contributed by atoms with Crippen LogP contribution >= 0.6 is 0 Å². The zero-order chi connectivity index (χ0) is 14.4. The molecule has 0 saturated carbocycles. The van der Waals surface area contributed by atoms with Gasteiger partial charge in [0.25, 0.3) is 0 Å². The van der Waals surface area contributed by atoms with E-state index in [1.54, 1.807) is 0 Å². The van der Waals surface area contributed by atoms with Crippen molar-refractivity contribution in [1.82, 2.24) is 5.32 Å². The standard InChI is InChI=1S/C15H32N2O/c1-7-15(8-2,10-16)11-17-13(18)9-12(3)14(4,5)6/h12H,7-11,16H2,1-6H3,(H,17,18). The summed E-state index contributed by atoms with van der Waals surface area (Å²) in [6, 6.07) is 0. The van der Waals surface area contributed by atoms with Crippen molar-refractivity contribution < 1.29 is 4.79 Å². The molecule has 3 N–H and O–H groups in total. The molecule has 3 heteroatoms. The maximum atomic E-state index is 11.9. The number of nitrogens with two attached hydrogens (primary N) is 1. The first-order chi connectivity index (χ1) is 8.20. The number of nitrogens with one attached hydrogen (secondary N) is 1. The molecule has 0 bridgehead atoms. The fourth-order valence-corrected chi connectivity index (χ4v) is 1.80. The lowest BCUT2D eigenvalue weighted by Gasteiger charge is -2.31. The van der Waals surface area contributed by atoms with Crippen LogP contribution in [0.5, 0.6) is 0 Å². The summed E-state index contributed by atoms with van der Waals surface area (Å²) in [5.41, 5.74) is 6.08. The lowest BCUT2D eigenvalue weighted by molar-refractivity contribution is -0.123. The lowest BCUT2D eigenvalue weighted by atomic mass is 9.79. The molecule has 0 aliphatic heterocycles. The van der Waals surface area contributed by atoms with Crippen molar-refractivity contribution in [2.45, 2.75) is 60.8 Å². The highest BCUT2D eigenvalue weighted by atomic mass is 16.1. The molecule has 1 atom stereocenters. The summed E-state index contributed by atoms with van der Waals surface area (Å²) in [6.45, 7) is 14.3. The highest BCUT2D eigenvalue weighted by molar-refractivity contribution is 5.76. The van der Waals surface area contributed by atoms with E-state index >= 15 is 0 Å². The molecule has 0 rings (SSSR count). The van der Waals surface area contributed by atoms with Gasteiger partial charge in [0, 0.05) is 13.0 Å². The molecule has 18 heavy (non-hydrogen) atoms. The number of amides is 1. The Morgan fingerprint density at radius 2 is 1.72 bits per heavy atom. The molecular formula is C15H32N2O. The Hall–Kier alpha value is -0.570. The summed E-state index contributed by atoms with van der Waals surface area (Å²) < 4.78 is 0. The SMILES string of the molecule is CCC(CC)(CN)CNC(=O)CC(C)C(C)(C)C. The summed E-state index contributed by atoms with van der Waals surface area (Å²) >= 11 is 0. The molecule has 108 valence electrons. The number of hydrogen-bond acceptors (Lipinski definition) is 2. The first kappa shape index (κ1) is 17.4. The van der Waals surface area contributed by atoms with E-state index in [0.717, 1.165) is 12.8 Å². The molecule has 0 aromatic rings. The summed E-state index contributed by atoms with van der Waals surface area (Å²) in [4.78, 5) is 11.9. The Balaban J connectivity index is 4.26. The lowest BCUT2D eigenvalue weighted by Crippen LogP contribution is -2.42. The number of hydrogen-bond donors (Lipinski definition) is 2. The van der Waals surface area contributed by atoms with E-state index in [1.807, 2.05) is 0 Å². The zero-order valence-corrected chi connectivity index (χ0v) is 13.1. The van der Waals surface area contributed by atoms with Crippen molar-refractivity contribution in [1.29, 1.82) is 0 Å². The average Bonchev–Trinajstić information content (AvgIpc) is 2.30. The van der Waals surface area contributed by atoms with Crippen LogP contribution in [0.1, 0.15) is 60.8 Å². The van der Waals surface area contributed by atoms with Crippen molar-refractivity contribution in [2.24, 2.45) is 22.5 Å². The molecular weight excluding hydrogens is 224 g/mol. The Kier molecular flexibility index (Phi) is 6.90. The van der Waals surface area contributed by atoms with Crippen molar-refractivity contribution in [3.05, 3.63) is 0 Å². The van der Waals surface area contributed by atoms with Crippen LogP contribution < -0.4 is 11.1 Å². The minimum Gasteiger partial charge on any atom is -0.355 e. The van der Waals surface area contributed by atoms with Crippen LogP contribution in [-0.4, -0.2) is 19.0 Å². The summed E-state index contributed by atoms with van der Waals surface area (Å²) in [5, 5.41) is 3.06. The van der Waals surface area contributed by atoms with Gasteiger partial charge in [0.15, 0.2) is 0 Å². The van der Waals surface area contributed by atoms with E-state index in [9.17, 15) is 4.79 Å². The van der Waals surface area contributed by atoms with Crippen LogP contribution in [0, 0.1) is 16.7 Å². The average molecular weight is 256 g/mol. The molecule has 0 saturated heterocycles. The quantitative estimate of drug-likeness (QED) is 0.736. The third-order valence-corrected chi connectivity index (χ3v) is 4.56. The maximum Gasteiger partial charge on any atom is 0.220 e. The van der Waals surface area contributed by atoms with Crippen LogP contribution in [0.15, 0.2) is 0 Å². The normalized spacial score (nSPS) is 14.4. The van der Waals surface area contributed by atoms with E-state index in [2.05, 4.69) is 46.9 Å². The smallest absolute Gasteiger partial charge is 0.220 e. The van der Waals surface area contributed by atoms with Gasteiger partial charge in [0.1, 0.15) is 0 Å². The Morgan fingerprint density at radius 1 is 1.22 bits per heavy atom. The van der Waals surface area contributed by atoms with Gasteiger partial charge in [-0.15, -0.1) is 0 Å². The number of carbonyl (C=O) groups is 1. The first-order valence-corrected chi connectivity index (χ1v) is 7.17. The van der Waals surface area contributed by atoms with Crippen molar-refractivity contribution >= 4 is 5.91 Å². The largest absolute Gasteiger partial charge is 0.355 e. The molecule has 0 aromatic heterocycles. The van der Waals surface area contributed by atoms with Gasteiger partial charge in [-0.3, -0.25) is 4.79 Å². The van der Waals surface area contributed by atoms with Crippen molar-refractivity contribution in [3.63, 3.8) is 0 Å². The third-order valence-electron chi connectivity index (χ3n) is 4.56. The molecule has 0 aliphatic carbocycles. The summed E-state index contributed by atoms with van der Waals surface area (Å²) in [7, 11) is 0. The predicted molar refractivity (Wildman–Crippen MR) is 78.3 cm³/mol. The highest BCUT2D eigenvalue weighted by Gasteiger charge is 2.26. The van der Waals surface area contributed by atoms with Gasteiger partial charge < -0.3 is 11.1 Å². The van der Waals surface area contributed by atoms with E-state index in [-0.39, 0.29) is 16.7 Å². The van der Waals surface area contributed by atoms with Crippen LogP contribution in [0.2, 0.25) is 0 Å². The fourth-order valence-electron chi connectivity index (χ4n) is 1.80. The van der Waals surface area contributed by atoms with Gasteiger partial charge in [-0.2, -0.15) is 0 Å². The molecule has 0 heterocycles. The molecule has 1 unspecified atom stereocenters. The summed E-state index contributed by atoms with van der Waals surface area (Å²) in [6.07, 6.45) is 2.61. The highest BCUT2D eigenvalue weighted by Crippen LogP contribution is 2.28. The van der Waals surface area contributed by atoms with Crippen LogP contribution in [0.3, 0.4) is 0 Å². The van der Waals surface area contributed by atoms with Gasteiger partial charge in [-0.25, -0.2) is 0 Å². The Labute approximate surface area is 113 Å². The molecule has 0 spiro atoms. The van der Waals surface area contributed by atoms with Crippen molar-refractivity contribution in [3.8, 4) is 0 Å². The molecule has 0 aromatic carbocycles. The van der Waals surface area contributed by atoms with Crippen LogP contribution in [0.25, 0.3) is 0 Å². The zero-order valence-electron chi connectivity index (χ0n) is 13.1. The first-order valence-electron chi connectivity index (χ1n) is 7.17. The van der Waals surface area contributed by atoms with Crippen LogP contribution in [0.4, 0.5) is 0 Å². The molecule has 1 amide bonds. The second-order valence-corrected chi connectivity index (χ2v) is 6.66. The Morgan fingerprint density at radius 3 is 2.06 bits per heavy atom. The topological polar surface area (TPSA) is 55.1 Å². The van der Waals surface area contributed by atoms with Crippen molar-refractivity contribution in [2.75, 3.05) is 13.1 Å². The van der Waals surface area contributed by atoms with Gasteiger partial charge in [0.2, 0.25) is 5.91 Å². The van der Waals surface area contributed by atoms with Gasteiger partial charge in [-0.1, -0.05) is 41.5 Å². The second-order valence-electron chi connectivity index (χ2n) is 6.66. The van der Waals surface area contributed by atoms with E-state index in [4.69, 9.17) is 5.73 Å². The number of rotatable bonds is 7. The summed E-state index contributed by atoms with van der Waals surface area (Å²) in [5.74, 6) is 0.533. The molecule has 3 nitrogen and oxygen atoms in total. The van der Waals surface area contributed by atoms with Gasteiger partial charge >= 0.3 is 0 Å². The fraction of sp³-hybridized carbons (Fsp3) is 0.933. The van der Waals surface area contributed by atoms with E-state index in [1.165, 1.54) is 0 Å². The van der Waals surface area contributed by atoms with E-state index < -0.39 is 0 Å². The number of carbonyl (C=O) groups excluding carboxylic acids is 1. The predicted octanol–water partition coefficient (Wildman–Crippen LogP) is 2.94. The Bertz CT molecular complexity index is 243. The third kappa shape index (κ3) is 5.38. The van der Waals surface area contributed by atoms with Gasteiger partial charge in [0.05, 0.1) is 0 Å². The second kappa shape index (κ2) is 7.13. The van der Waals surface area contributed by atoms with Crippen LogP contribution in [-0.2, 0) is 4.79 Å². The van der Waals surface area contributed by atoms with Gasteiger partial charge in [-0.05, 0) is 36.1 Å². The molecule has 0 fully saturated rings. The maximum absolute atomic E-state index is 11.9. The monoisotopic (exact) mass is 256 g/mol. The molecule has 0 aliphatic rings. The van der Waals surface area contributed by atoms with E-state index in [0.29, 0.717) is 25.4 Å².